The number of phenolic OH excluding ortho intramolecular Hbond substituents is 1. The Morgan fingerprint density at radius 2 is 1.86 bits per heavy atom. The van der Waals surface area contributed by atoms with Crippen LogP contribution in [0.3, 0.4) is 0 Å². The van der Waals surface area contributed by atoms with Crippen LogP contribution in [0, 0.1) is 9.39 Å². The van der Waals surface area contributed by atoms with E-state index in [1.54, 1.807) is 22.6 Å². The lowest BCUT2D eigenvalue weighted by Gasteiger charge is -2.10. The summed E-state index contributed by atoms with van der Waals surface area (Å²) in [6.45, 7) is 0. The van der Waals surface area contributed by atoms with Gasteiger partial charge in [0.05, 0.1) is 3.57 Å². The highest BCUT2D eigenvalue weighted by atomic mass is 127. The molecule has 0 spiro atoms. The Labute approximate surface area is 89.6 Å². The molecular formula is C7H3F4IO2. The normalized spacial score (nSPS) is 11.5. The average molecular weight is 322 g/mol. The molecule has 0 atom stereocenters. The minimum absolute atomic E-state index is 0.106. The molecule has 0 aromatic heterocycles. The molecule has 0 saturated carbocycles. The second-order valence-electron chi connectivity index (χ2n) is 2.28. The molecule has 0 aliphatic heterocycles. The smallest absolute Gasteiger partial charge is 0.507 e. The molecule has 1 N–H and O–H groups in total. The molecule has 0 heterocycles. The van der Waals surface area contributed by atoms with Crippen molar-refractivity contribution in [2.24, 2.45) is 0 Å². The van der Waals surface area contributed by atoms with E-state index in [9.17, 15) is 17.6 Å². The molecule has 1 rings (SSSR count). The van der Waals surface area contributed by atoms with Crippen molar-refractivity contribution in [3.05, 3.63) is 21.5 Å². The third-order valence-electron chi connectivity index (χ3n) is 1.23. The van der Waals surface area contributed by atoms with Crippen molar-refractivity contribution in [1.82, 2.24) is 0 Å². The fraction of sp³-hybridized carbons (Fsp3) is 0.143. The molecule has 78 valence electrons. The number of benzene rings is 1. The summed E-state index contributed by atoms with van der Waals surface area (Å²) in [6.07, 6.45) is -4.97. The molecule has 0 fully saturated rings. The zero-order valence-electron chi connectivity index (χ0n) is 6.40. The first-order chi connectivity index (χ1) is 6.29. The number of hydrogen-bond acceptors (Lipinski definition) is 2. The standard InChI is InChI=1S/C7H3F4IO2/c8-3-1-4(12)5(13)2-6(3)14-7(9,10)11/h1-2,13H. The van der Waals surface area contributed by atoms with Crippen molar-refractivity contribution >= 4 is 22.6 Å². The van der Waals surface area contributed by atoms with Gasteiger partial charge in [0.15, 0.2) is 11.6 Å². The number of aromatic hydroxyl groups is 1. The number of ether oxygens (including phenoxy) is 1. The molecule has 14 heavy (non-hydrogen) atoms. The second kappa shape index (κ2) is 3.79. The van der Waals surface area contributed by atoms with Crippen LogP contribution in [0.2, 0.25) is 0 Å². The van der Waals surface area contributed by atoms with Crippen LogP contribution in [0.5, 0.6) is 11.5 Å². The maximum absolute atomic E-state index is 12.8. The van der Waals surface area contributed by atoms with Gasteiger partial charge in [-0.3, -0.25) is 0 Å². The van der Waals surface area contributed by atoms with Crippen molar-refractivity contribution in [3.8, 4) is 11.5 Å². The highest BCUT2D eigenvalue weighted by Gasteiger charge is 2.32. The molecular weight excluding hydrogens is 319 g/mol. The summed E-state index contributed by atoms with van der Waals surface area (Å²) in [4.78, 5) is 0. The van der Waals surface area contributed by atoms with Gasteiger partial charge in [-0.25, -0.2) is 4.39 Å². The van der Waals surface area contributed by atoms with Gasteiger partial charge in [-0.2, -0.15) is 0 Å². The molecule has 0 unspecified atom stereocenters. The molecule has 2 nitrogen and oxygen atoms in total. The SMILES string of the molecule is Oc1cc(OC(F)(F)F)c(F)cc1I. The van der Waals surface area contributed by atoms with Crippen molar-refractivity contribution in [3.63, 3.8) is 0 Å². The first-order valence-corrected chi connectivity index (χ1v) is 4.31. The monoisotopic (exact) mass is 322 g/mol. The first-order valence-electron chi connectivity index (χ1n) is 3.23. The summed E-state index contributed by atoms with van der Waals surface area (Å²) < 4.78 is 51.3. The molecule has 0 bridgehead atoms. The fourth-order valence-electron chi connectivity index (χ4n) is 0.721. The quantitative estimate of drug-likeness (QED) is 0.636. The van der Waals surface area contributed by atoms with Crippen LogP contribution in [-0.2, 0) is 0 Å². The van der Waals surface area contributed by atoms with Gasteiger partial charge in [-0.1, -0.05) is 0 Å². The minimum Gasteiger partial charge on any atom is -0.507 e. The van der Waals surface area contributed by atoms with Crippen LogP contribution in [0.15, 0.2) is 12.1 Å². The third-order valence-corrected chi connectivity index (χ3v) is 2.09. The van der Waals surface area contributed by atoms with Crippen molar-refractivity contribution < 1.29 is 27.4 Å². The van der Waals surface area contributed by atoms with Crippen LogP contribution in [0.1, 0.15) is 0 Å². The molecule has 0 aliphatic carbocycles. The van der Waals surface area contributed by atoms with Gasteiger partial charge >= 0.3 is 6.36 Å². The van der Waals surface area contributed by atoms with Gasteiger partial charge in [-0.05, 0) is 28.7 Å². The summed E-state index contributed by atoms with van der Waals surface area (Å²) in [5.74, 6) is -2.69. The maximum Gasteiger partial charge on any atom is 0.573 e. The van der Waals surface area contributed by atoms with E-state index in [4.69, 9.17) is 5.11 Å². The Kier molecular flexibility index (Phi) is 3.07. The lowest BCUT2D eigenvalue weighted by Crippen LogP contribution is -2.17. The van der Waals surface area contributed by atoms with E-state index in [0.717, 1.165) is 6.07 Å². The Hall–Kier alpha value is -0.730. The van der Waals surface area contributed by atoms with Crippen LogP contribution in [0.25, 0.3) is 0 Å². The summed E-state index contributed by atoms with van der Waals surface area (Å²) in [5.41, 5.74) is 0. The Balaban J connectivity index is 3.04. The summed E-state index contributed by atoms with van der Waals surface area (Å²) in [5, 5.41) is 9.00. The third kappa shape index (κ3) is 2.89. The van der Waals surface area contributed by atoms with Crippen LogP contribution in [0.4, 0.5) is 17.6 Å². The summed E-state index contributed by atoms with van der Waals surface area (Å²) in [7, 11) is 0. The van der Waals surface area contributed by atoms with E-state index < -0.39 is 23.7 Å². The predicted molar refractivity (Wildman–Crippen MR) is 47.5 cm³/mol. The summed E-state index contributed by atoms with van der Waals surface area (Å²) >= 11 is 1.58. The van der Waals surface area contributed by atoms with E-state index >= 15 is 0 Å². The van der Waals surface area contributed by atoms with Gasteiger partial charge in [-0.15, -0.1) is 13.2 Å². The predicted octanol–water partition coefficient (Wildman–Crippen LogP) is 3.03. The number of alkyl halides is 3. The lowest BCUT2D eigenvalue weighted by molar-refractivity contribution is -0.275. The van der Waals surface area contributed by atoms with E-state index in [1.807, 2.05) is 0 Å². The number of phenols is 1. The first kappa shape index (κ1) is 11.3. The maximum atomic E-state index is 12.8. The fourth-order valence-corrected chi connectivity index (χ4v) is 1.15. The molecule has 0 saturated heterocycles. The minimum atomic E-state index is -4.97. The van der Waals surface area contributed by atoms with Gasteiger partial charge in [0.2, 0.25) is 0 Å². The summed E-state index contributed by atoms with van der Waals surface area (Å²) in [6, 6.07) is 1.32. The molecule has 7 heteroatoms. The Morgan fingerprint density at radius 3 is 2.36 bits per heavy atom. The number of halogens is 5. The molecule has 1 aromatic rings. The van der Waals surface area contributed by atoms with Gasteiger partial charge in [0.1, 0.15) is 5.75 Å². The van der Waals surface area contributed by atoms with E-state index in [1.165, 1.54) is 0 Å². The van der Waals surface area contributed by atoms with Gasteiger partial charge in [0, 0.05) is 6.07 Å². The topological polar surface area (TPSA) is 29.5 Å². The van der Waals surface area contributed by atoms with Crippen LogP contribution >= 0.6 is 22.6 Å². The average Bonchev–Trinajstić information content (AvgIpc) is 1.97. The van der Waals surface area contributed by atoms with E-state index in [0.29, 0.717) is 6.07 Å². The van der Waals surface area contributed by atoms with Crippen LogP contribution in [-0.4, -0.2) is 11.5 Å². The van der Waals surface area contributed by atoms with Gasteiger partial charge < -0.3 is 9.84 Å². The highest BCUT2D eigenvalue weighted by molar-refractivity contribution is 14.1. The van der Waals surface area contributed by atoms with Crippen molar-refractivity contribution in [1.29, 1.82) is 0 Å². The lowest BCUT2D eigenvalue weighted by atomic mass is 10.3. The molecule has 0 radical (unpaired) electrons. The van der Waals surface area contributed by atoms with E-state index in [-0.39, 0.29) is 3.57 Å². The number of rotatable bonds is 1. The Bertz CT molecular complexity index is 350. The Morgan fingerprint density at radius 1 is 1.29 bits per heavy atom. The highest BCUT2D eigenvalue weighted by Crippen LogP contribution is 2.31. The molecule has 0 aliphatic rings. The number of hydrogen-bond donors (Lipinski definition) is 1. The van der Waals surface area contributed by atoms with Crippen molar-refractivity contribution in [2.75, 3.05) is 0 Å². The van der Waals surface area contributed by atoms with E-state index in [2.05, 4.69) is 4.74 Å². The largest absolute Gasteiger partial charge is 0.573 e. The molecule has 0 amide bonds. The van der Waals surface area contributed by atoms with Crippen molar-refractivity contribution in [2.45, 2.75) is 6.36 Å². The zero-order chi connectivity index (χ0) is 10.9. The molecule has 1 aromatic carbocycles. The zero-order valence-corrected chi connectivity index (χ0v) is 8.56. The second-order valence-corrected chi connectivity index (χ2v) is 3.44. The van der Waals surface area contributed by atoms with Crippen LogP contribution < -0.4 is 4.74 Å². The van der Waals surface area contributed by atoms with Gasteiger partial charge in [0.25, 0.3) is 0 Å².